The van der Waals surface area contributed by atoms with E-state index in [4.69, 9.17) is 5.11 Å². The SMILES string of the molecule is Cc1nc(C23C4C5C6C4C2C6C53)ccc1C(=O)O. The molecule has 1 heterocycles. The molecule has 3 heteroatoms. The van der Waals surface area contributed by atoms with E-state index in [1.807, 2.05) is 13.0 Å². The largest absolute Gasteiger partial charge is 0.478 e. The van der Waals surface area contributed by atoms with Gasteiger partial charge in [-0.05, 0) is 60.5 Å². The summed E-state index contributed by atoms with van der Waals surface area (Å²) in [7, 11) is 0. The molecule has 6 aliphatic carbocycles. The number of rotatable bonds is 2. The molecule has 6 aliphatic rings. The van der Waals surface area contributed by atoms with Crippen LogP contribution < -0.4 is 0 Å². The summed E-state index contributed by atoms with van der Waals surface area (Å²) in [6, 6.07) is 3.76. The predicted octanol–water partition coefficient (Wildman–Crippen LogP) is 1.71. The van der Waals surface area contributed by atoms with Crippen LogP contribution in [-0.4, -0.2) is 16.1 Å². The number of carbonyl (C=O) groups is 1. The first-order valence-corrected chi connectivity index (χ1v) is 6.90. The Hall–Kier alpha value is -1.38. The third-order valence-corrected chi connectivity index (χ3v) is 7.24. The third kappa shape index (κ3) is 0.474. The molecule has 0 spiro atoms. The number of hydrogen-bond donors (Lipinski definition) is 1. The summed E-state index contributed by atoms with van der Waals surface area (Å²) in [5.74, 6) is 6.20. The first-order valence-electron chi connectivity index (χ1n) is 6.90. The zero-order valence-electron chi connectivity index (χ0n) is 10.00. The van der Waals surface area contributed by atoms with Gasteiger partial charge in [0.15, 0.2) is 0 Å². The van der Waals surface area contributed by atoms with Crippen molar-refractivity contribution in [2.24, 2.45) is 41.4 Å². The molecule has 0 atom stereocenters. The lowest BCUT2D eigenvalue weighted by Gasteiger charge is -3.07. The van der Waals surface area contributed by atoms with E-state index in [9.17, 15) is 4.79 Å². The minimum Gasteiger partial charge on any atom is -0.478 e. The number of pyridine rings is 1. The molecule has 3 nitrogen and oxygen atoms in total. The van der Waals surface area contributed by atoms with Crippen molar-refractivity contribution in [1.82, 2.24) is 4.98 Å². The van der Waals surface area contributed by atoms with Gasteiger partial charge in [-0.1, -0.05) is 0 Å². The van der Waals surface area contributed by atoms with E-state index in [2.05, 4.69) is 4.98 Å². The van der Waals surface area contributed by atoms with Gasteiger partial charge in [0.25, 0.3) is 0 Å². The van der Waals surface area contributed by atoms with Gasteiger partial charge in [-0.3, -0.25) is 4.98 Å². The fraction of sp³-hybridized carbons (Fsp3) is 0.600. The molecule has 0 saturated heterocycles. The van der Waals surface area contributed by atoms with Crippen molar-refractivity contribution in [3.63, 3.8) is 0 Å². The Kier molecular flexibility index (Phi) is 0.975. The lowest BCUT2D eigenvalue weighted by atomic mass is 8.96. The van der Waals surface area contributed by atoms with Crippen molar-refractivity contribution < 1.29 is 9.90 Å². The molecule has 0 bridgehead atoms. The van der Waals surface area contributed by atoms with Gasteiger partial charge >= 0.3 is 5.97 Å². The molecule has 1 N–H and O–H groups in total. The summed E-state index contributed by atoms with van der Waals surface area (Å²) < 4.78 is 0. The van der Waals surface area contributed by atoms with Gasteiger partial charge in [-0.15, -0.1) is 0 Å². The van der Waals surface area contributed by atoms with E-state index in [0.29, 0.717) is 16.7 Å². The standard InChI is InChI=1S/C15H13NO2/c1-4-5(14(17)18)2-3-6(16-4)15-11-8-7-9(11)13(15)10(7)12(8)15/h2-3,7-13H,1H3,(H,17,18). The highest BCUT2D eigenvalue weighted by atomic mass is 16.4. The zero-order chi connectivity index (χ0) is 12.0. The first kappa shape index (κ1) is 8.68. The topological polar surface area (TPSA) is 50.2 Å². The number of carboxylic acid groups (broad SMARTS) is 1. The van der Waals surface area contributed by atoms with Gasteiger partial charge in [0.2, 0.25) is 0 Å². The lowest BCUT2D eigenvalue weighted by Crippen LogP contribution is -3.07. The Morgan fingerprint density at radius 2 is 1.78 bits per heavy atom. The second-order valence-corrected chi connectivity index (χ2v) is 6.95. The molecule has 0 radical (unpaired) electrons. The number of hydrogen-bond acceptors (Lipinski definition) is 2. The number of nitrogens with zero attached hydrogens (tertiary/aromatic N) is 1. The summed E-state index contributed by atoms with van der Waals surface area (Å²) in [6.45, 7) is 1.83. The molecule has 0 amide bonds. The van der Waals surface area contributed by atoms with Gasteiger partial charge in [-0.25, -0.2) is 4.79 Å². The van der Waals surface area contributed by atoms with Crippen LogP contribution in [0.4, 0.5) is 0 Å². The maximum atomic E-state index is 11.0. The molecular weight excluding hydrogens is 226 g/mol. The minimum atomic E-state index is -0.860. The summed E-state index contributed by atoms with van der Waals surface area (Å²) in [4.78, 5) is 15.7. The van der Waals surface area contributed by atoms with Gasteiger partial charge in [0.05, 0.1) is 11.3 Å². The normalized spacial score (nSPS) is 58.4. The van der Waals surface area contributed by atoms with Crippen LogP contribution in [-0.2, 0) is 5.41 Å². The number of carboxylic acids is 1. The summed E-state index contributed by atoms with van der Waals surface area (Å²) in [5.41, 5.74) is 2.69. The molecule has 7 rings (SSSR count). The Labute approximate surface area is 104 Å². The quantitative estimate of drug-likeness (QED) is 0.854. The van der Waals surface area contributed by atoms with Crippen molar-refractivity contribution >= 4 is 5.97 Å². The fourth-order valence-electron chi connectivity index (χ4n) is 6.97. The van der Waals surface area contributed by atoms with Crippen molar-refractivity contribution in [3.05, 3.63) is 29.1 Å². The van der Waals surface area contributed by atoms with Crippen LogP contribution in [0, 0.1) is 48.3 Å². The van der Waals surface area contributed by atoms with Gasteiger partial charge < -0.3 is 5.11 Å². The molecule has 18 heavy (non-hydrogen) atoms. The van der Waals surface area contributed by atoms with Crippen LogP contribution in [0.2, 0.25) is 0 Å². The van der Waals surface area contributed by atoms with Crippen LogP contribution in [0.15, 0.2) is 12.1 Å². The monoisotopic (exact) mass is 239 g/mol. The third-order valence-electron chi connectivity index (χ3n) is 7.24. The molecule has 0 aromatic carbocycles. The molecule has 1 aromatic heterocycles. The second kappa shape index (κ2) is 2.02. The van der Waals surface area contributed by atoms with E-state index in [1.54, 1.807) is 6.07 Å². The van der Waals surface area contributed by atoms with E-state index < -0.39 is 5.97 Å². The molecular formula is C15H13NO2. The highest BCUT2D eigenvalue weighted by molar-refractivity contribution is 5.88. The zero-order valence-corrected chi connectivity index (χ0v) is 10.00. The maximum Gasteiger partial charge on any atom is 0.337 e. The molecule has 0 unspecified atom stereocenters. The van der Waals surface area contributed by atoms with Gasteiger partial charge in [-0.2, -0.15) is 0 Å². The van der Waals surface area contributed by atoms with Crippen molar-refractivity contribution in [2.75, 3.05) is 0 Å². The van der Waals surface area contributed by atoms with E-state index >= 15 is 0 Å². The van der Waals surface area contributed by atoms with Crippen LogP contribution in [0.25, 0.3) is 0 Å². The molecule has 90 valence electrons. The van der Waals surface area contributed by atoms with E-state index in [0.717, 1.165) is 41.4 Å². The minimum absolute atomic E-state index is 0.357. The predicted molar refractivity (Wildman–Crippen MR) is 62.0 cm³/mol. The van der Waals surface area contributed by atoms with Crippen LogP contribution in [0.1, 0.15) is 21.7 Å². The summed E-state index contributed by atoms with van der Waals surface area (Å²) in [5, 5.41) is 9.07. The Morgan fingerprint density at radius 1 is 1.17 bits per heavy atom. The number of aryl methyl sites for hydroxylation is 1. The highest BCUT2D eigenvalue weighted by Gasteiger charge is 3.04. The highest BCUT2D eigenvalue weighted by Crippen LogP contribution is 3.05. The summed E-state index contributed by atoms with van der Waals surface area (Å²) >= 11 is 0. The van der Waals surface area contributed by atoms with Crippen molar-refractivity contribution in [1.29, 1.82) is 0 Å². The summed E-state index contributed by atoms with van der Waals surface area (Å²) in [6.07, 6.45) is 0. The number of aromatic carboxylic acids is 1. The Morgan fingerprint density at radius 3 is 2.28 bits per heavy atom. The van der Waals surface area contributed by atoms with E-state index in [-0.39, 0.29) is 0 Å². The smallest absolute Gasteiger partial charge is 0.337 e. The first-order chi connectivity index (χ1) is 8.69. The average Bonchev–Trinajstić information content (AvgIpc) is 2.38. The van der Waals surface area contributed by atoms with Crippen LogP contribution in [0.5, 0.6) is 0 Å². The molecule has 6 saturated carbocycles. The fourth-order valence-corrected chi connectivity index (χ4v) is 6.97. The molecule has 1 aromatic rings. The van der Waals surface area contributed by atoms with Crippen molar-refractivity contribution in [2.45, 2.75) is 12.3 Å². The Balaban J connectivity index is 1.48. The second-order valence-electron chi connectivity index (χ2n) is 6.95. The number of aromatic nitrogens is 1. The average molecular weight is 239 g/mol. The maximum absolute atomic E-state index is 11.0. The van der Waals surface area contributed by atoms with Crippen molar-refractivity contribution in [3.8, 4) is 0 Å². The molecule has 0 aliphatic heterocycles. The lowest BCUT2D eigenvalue weighted by molar-refractivity contribution is -0.582. The van der Waals surface area contributed by atoms with Gasteiger partial charge in [0, 0.05) is 11.1 Å². The van der Waals surface area contributed by atoms with E-state index in [1.165, 1.54) is 5.69 Å². The molecule has 6 fully saturated rings. The Bertz CT molecular complexity index is 614. The van der Waals surface area contributed by atoms with Crippen LogP contribution >= 0.6 is 0 Å². The van der Waals surface area contributed by atoms with Crippen LogP contribution in [0.3, 0.4) is 0 Å². The van der Waals surface area contributed by atoms with Gasteiger partial charge in [0.1, 0.15) is 0 Å².